The van der Waals surface area contributed by atoms with Gasteiger partial charge in [0, 0.05) is 11.5 Å². The number of halogens is 2. The zero-order chi connectivity index (χ0) is 20.3. The Kier molecular flexibility index (Phi) is 6.86. The molecule has 0 N–H and O–H groups in total. The van der Waals surface area contributed by atoms with Crippen LogP contribution in [0.1, 0.15) is 25.8 Å². The molecule has 0 spiro atoms. The van der Waals surface area contributed by atoms with E-state index in [9.17, 15) is 4.79 Å². The highest BCUT2D eigenvalue weighted by atomic mass is 79.9. The van der Waals surface area contributed by atoms with Crippen molar-refractivity contribution in [3.05, 3.63) is 62.4 Å². The lowest BCUT2D eigenvalue weighted by atomic mass is 10.2. The molecular weight excluding hydrogens is 460 g/mol. The summed E-state index contributed by atoms with van der Waals surface area (Å²) in [6, 6.07) is 13.2. The van der Waals surface area contributed by atoms with Crippen molar-refractivity contribution in [1.82, 2.24) is 4.90 Å². The predicted molar refractivity (Wildman–Crippen MR) is 121 cm³/mol. The first-order valence-electron chi connectivity index (χ1n) is 8.85. The molecule has 28 heavy (non-hydrogen) atoms. The third kappa shape index (κ3) is 4.99. The van der Waals surface area contributed by atoms with Gasteiger partial charge in [0.25, 0.3) is 5.91 Å². The molecule has 2 aromatic rings. The van der Waals surface area contributed by atoms with Gasteiger partial charge in [0.2, 0.25) is 0 Å². The lowest BCUT2D eigenvalue weighted by molar-refractivity contribution is -0.121. The zero-order valence-electron chi connectivity index (χ0n) is 15.8. The first-order chi connectivity index (χ1) is 13.4. The number of likely N-dealkylation sites (N-methyl/N-ethyl adjacent to an activating group) is 1. The van der Waals surface area contributed by atoms with Crippen LogP contribution in [0.5, 0.6) is 5.75 Å². The van der Waals surface area contributed by atoms with Gasteiger partial charge in [-0.15, -0.1) is 0 Å². The molecule has 4 nitrogen and oxygen atoms in total. The molecular formula is C21H20BrClN2O2S. The molecule has 1 fully saturated rings. The molecule has 0 aliphatic carbocycles. The third-order valence-electron chi connectivity index (χ3n) is 4.21. The molecule has 2 aromatic carbocycles. The van der Waals surface area contributed by atoms with E-state index in [-0.39, 0.29) is 12.0 Å². The van der Waals surface area contributed by atoms with E-state index in [1.54, 1.807) is 11.9 Å². The Bertz CT molecular complexity index is 944. The number of aliphatic imine (C=N–C) groups is 1. The number of ether oxygens (including phenoxy) is 1. The van der Waals surface area contributed by atoms with Crippen LogP contribution in [-0.4, -0.2) is 29.1 Å². The van der Waals surface area contributed by atoms with Crippen LogP contribution >= 0.6 is 39.3 Å². The maximum Gasteiger partial charge on any atom is 0.266 e. The number of benzene rings is 2. The van der Waals surface area contributed by atoms with E-state index in [0.29, 0.717) is 20.8 Å². The van der Waals surface area contributed by atoms with E-state index >= 15 is 0 Å². The number of hydrogen-bond donors (Lipinski definition) is 0. The Morgan fingerprint density at radius 2 is 2.00 bits per heavy atom. The van der Waals surface area contributed by atoms with Crippen LogP contribution in [0.4, 0.5) is 5.69 Å². The van der Waals surface area contributed by atoms with Gasteiger partial charge < -0.3 is 4.74 Å². The number of nitrogens with zero attached hydrogens (tertiary/aromatic N) is 2. The summed E-state index contributed by atoms with van der Waals surface area (Å²) in [7, 11) is 1.73. The fourth-order valence-electron chi connectivity index (χ4n) is 2.43. The average molecular weight is 480 g/mol. The fraction of sp³-hybridized carbons (Fsp3) is 0.238. The summed E-state index contributed by atoms with van der Waals surface area (Å²) in [5.41, 5.74) is 1.64. The van der Waals surface area contributed by atoms with E-state index in [1.807, 2.05) is 55.5 Å². The zero-order valence-corrected chi connectivity index (χ0v) is 18.9. The van der Waals surface area contributed by atoms with Crippen LogP contribution in [0, 0.1) is 0 Å². The number of thioether (sulfide) groups is 1. The second-order valence-corrected chi connectivity index (χ2v) is 8.70. The van der Waals surface area contributed by atoms with Crippen molar-refractivity contribution in [3.8, 4) is 5.75 Å². The van der Waals surface area contributed by atoms with Gasteiger partial charge in [0.1, 0.15) is 5.75 Å². The largest absolute Gasteiger partial charge is 0.489 e. The first kappa shape index (κ1) is 21.0. The van der Waals surface area contributed by atoms with Crippen molar-refractivity contribution in [3.63, 3.8) is 0 Å². The van der Waals surface area contributed by atoms with Crippen molar-refractivity contribution in [2.75, 3.05) is 7.05 Å². The molecule has 7 heteroatoms. The molecule has 0 saturated carbocycles. The van der Waals surface area contributed by atoms with Crippen molar-refractivity contribution >= 4 is 62.1 Å². The number of rotatable bonds is 5. The first-order valence-corrected chi connectivity index (χ1v) is 10.8. The normalized spacial score (nSPS) is 18.2. The molecule has 3 rings (SSSR count). The smallest absolute Gasteiger partial charge is 0.266 e. The molecule has 0 unspecified atom stereocenters. The summed E-state index contributed by atoms with van der Waals surface area (Å²) in [6.07, 6.45) is 2.83. The number of amidine groups is 1. The second-order valence-electron chi connectivity index (χ2n) is 6.37. The van der Waals surface area contributed by atoms with Gasteiger partial charge in [-0.1, -0.05) is 40.5 Å². The second kappa shape index (κ2) is 9.16. The number of carbonyl (C=O) groups is 1. The fourth-order valence-corrected chi connectivity index (χ4v) is 3.92. The lowest BCUT2D eigenvalue weighted by Crippen LogP contribution is -2.23. The number of amides is 1. The number of hydrogen-bond acceptors (Lipinski definition) is 4. The lowest BCUT2D eigenvalue weighted by Gasteiger charge is -2.14. The van der Waals surface area contributed by atoms with E-state index in [2.05, 4.69) is 27.8 Å². The van der Waals surface area contributed by atoms with Crippen LogP contribution < -0.4 is 4.74 Å². The highest BCUT2D eigenvalue weighted by Crippen LogP contribution is 2.34. The van der Waals surface area contributed by atoms with E-state index in [1.165, 1.54) is 11.8 Å². The molecule has 0 aromatic heterocycles. The predicted octanol–water partition coefficient (Wildman–Crippen LogP) is 6.51. The SMILES string of the molecule is CC[C@@H](C)Oc1ccc(/C=C2\SC(=Nc3ccc(Br)cc3)N(C)C2=O)cc1Cl. The Labute approximate surface area is 182 Å². The minimum Gasteiger partial charge on any atom is -0.489 e. The minimum absolute atomic E-state index is 0.0862. The average Bonchev–Trinajstić information content (AvgIpc) is 2.93. The van der Waals surface area contributed by atoms with E-state index < -0.39 is 0 Å². The van der Waals surface area contributed by atoms with Crippen molar-refractivity contribution < 1.29 is 9.53 Å². The van der Waals surface area contributed by atoms with Gasteiger partial charge in [0.15, 0.2) is 5.17 Å². The Balaban J connectivity index is 1.81. The van der Waals surface area contributed by atoms with Crippen molar-refractivity contribution in [2.24, 2.45) is 4.99 Å². The topological polar surface area (TPSA) is 41.9 Å². The summed E-state index contributed by atoms with van der Waals surface area (Å²) in [4.78, 5) is 19.3. The molecule has 1 heterocycles. The highest BCUT2D eigenvalue weighted by molar-refractivity contribution is 9.10. The van der Waals surface area contributed by atoms with Gasteiger partial charge in [-0.2, -0.15) is 0 Å². The summed E-state index contributed by atoms with van der Waals surface area (Å²) in [5, 5.41) is 1.17. The van der Waals surface area contributed by atoms with Crippen LogP contribution in [0.25, 0.3) is 6.08 Å². The Morgan fingerprint density at radius 1 is 1.29 bits per heavy atom. The molecule has 1 aliphatic heterocycles. The highest BCUT2D eigenvalue weighted by Gasteiger charge is 2.30. The summed E-state index contributed by atoms with van der Waals surface area (Å²) in [5.74, 6) is 0.565. The van der Waals surface area contributed by atoms with Crippen LogP contribution in [-0.2, 0) is 4.79 Å². The summed E-state index contributed by atoms with van der Waals surface area (Å²) >= 11 is 11.1. The minimum atomic E-state index is -0.0862. The standard InChI is InChI=1S/C21H20BrClN2O2S/c1-4-13(2)27-18-10-5-14(11-17(18)23)12-19-20(26)25(3)21(28-19)24-16-8-6-15(22)7-9-16/h5-13H,4H2,1-3H3/b19-12-,24-21?/t13-/m1/s1. The van der Waals surface area contributed by atoms with Crippen LogP contribution in [0.3, 0.4) is 0 Å². The molecule has 1 atom stereocenters. The van der Waals surface area contributed by atoms with Gasteiger partial charge in [-0.05, 0) is 73.1 Å². The monoisotopic (exact) mass is 478 g/mol. The quantitative estimate of drug-likeness (QED) is 0.459. The van der Waals surface area contributed by atoms with Gasteiger partial charge in [-0.25, -0.2) is 4.99 Å². The summed E-state index contributed by atoms with van der Waals surface area (Å²) in [6.45, 7) is 4.06. The molecule has 1 aliphatic rings. The van der Waals surface area contributed by atoms with Crippen LogP contribution in [0.2, 0.25) is 5.02 Å². The molecule has 146 valence electrons. The Hall–Kier alpha value is -1.76. The van der Waals surface area contributed by atoms with Crippen molar-refractivity contribution in [1.29, 1.82) is 0 Å². The molecule has 0 bridgehead atoms. The third-order valence-corrected chi connectivity index (χ3v) is 6.10. The van der Waals surface area contributed by atoms with Crippen LogP contribution in [0.15, 0.2) is 56.8 Å². The van der Waals surface area contributed by atoms with Crippen molar-refractivity contribution in [2.45, 2.75) is 26.4 Å². The summed E-state index contributed by atoms with van der Waals surface area (Å²) < 4.78 is 6.78. The number of carbonyl (C=O) groups excluding carboxylic acids is 1. The van der Waals surface area contributed by atoms with Gasteiger partial charge >= 0.3 is 0 Å². The van der Waals surface area contributed by atoms with Gasteiger partial charge in [0.05, 0.1) is 21.7 Å². The maximum atomic E-state index is 12.6. The van der Waals surface area contributed by atoms with E-state index in [0.717, 1.165) is 22.1 Å². The van der Waals surface area contributed by atoms with Gasteiger partial charge in [-0.3, -0.25) is 9.69 Å². The molecule has 1 saturated heterocycles. The van der Waals surface area contributed by atoms with E-state index in [4.69, 9.17) is 16.3 Å². The maximum absolute atomic E-state index is 12.6. The molecule has 0 radical (unpaired) electrons. The molecule has 1 amide bonds. The Morgan fingerprint density at radius 3 is 2.64 bits per heavy atom.